The number of rotatable bonds is 4. The Morgan fingerprint density at radius 3 is 3.14 bits per heavy atom. The second kappa shape index (κ2) is 4.62. The molecule has 1 N–H and O–H groups in total. The molecule has 1 unspecified atom stereocenters. The van der Waals surface area contributed by atoms with Crippen LogP contribution in [-0.2, 0) is 17.8 Å². The quantitative estimate of drug-likeness (QED) is 0.935. The molecule has 1 fully saturated rings. The van der Waals surface area contributed by atoms with Crippen LogP contribution in [-0.4, -0.2) is 31.3 Å². The monoisotopic (exact) mass is 304 g/mol. The number of carbonyl (C=O) groups is 1. The fraction of sp³-hybridized carbons (Fsp3) is 0.571. The van der Waals surface area contributed by atoms with E-state index in [4.69, 9.17) is 0 Å². The smallest absolute Gasteiger partial charge is 0.311 e. The molecule has 0 saturated heterocycles. The van der Waals surface area contributed by atoms with Gasteiger partial charge >= 0.3 is 5.97 Å². The highest BCUT2D eigenvalue weighted by Crippen LogP contribution is 2.48. The Morgan fingerprint density at radius 2 is 2.38 bits per heavy atom. The van der Waals surface area contributed by atoms with Crippen LogP contribution in [0.25, 0.3) is 0 Å². The molecule has 2 aromatic heterocycles. The van der Waals surface area contributed by atoms with Crippen molar-refractivity contribution in [3.63, 3.8) is 0 Å². The van der Waals surface area contributed by atoms with Crippen LogP contribution in [0.15, 0.2) is 11.4 Å². The lowest BCUT2D eigenvalue weighted by Gasteiger charge is -2.22. The molecule has 2 aromatic rings. The summed E-state index contributed by atoms with van der Waals surface area (Å²) in [5, 5.41) is 23.5. The van der Waals surface area contributed by atoms with Gasteiger partial charge in [0.05, 0.1) is 12.0 Å². The number of carboxylic acid groups (broad SMARTS) is 1. The van der Waals surface area contributed by atoms with E-state index in [9.17, 15) is 9.90 Å². The Kier molecular flexibility index (Phi) is 2.85. The van der Waals surface area contributed by atoms with E-state index in [0.717, 1.165) is 37.9 Å². The molecular formula is C14H16N4O2S. The molecule has 110 valence electrons. The average molecular weight is 304 g/mol. The van der Waals surface area contributed by atoms with Crippen molar-refractivity contribution in [2.45, 2.75) is 44.6 Å². The molecule has 7 heteroatoms. The maximum Gasteiger partial charge on any atom is 0.311 e. The SMILES string of the molecule is O=C(O)C1(Cn2nnnc2C2CCCc3sccc32)CC1. The molecule has 0 aliphatic heterocycles. The zero-order valence-corrected chi connectivity index (χ0v) is 12.3. The van der Waals surface area contributed by atoms with Crippen LogP contribution >= 0.6 is 11.3 Å². The second-order valence-electron chi connectivity index (χ2n) is 6.02. The van der Waals surface area contributed by atoms with Gasteiger partial charge in [-0.1, -0.05) is 0 Å². The van der Waals surface area contributed by atoms with Gasteiger partial charge in [-0.3, -0.25) is 4.79 Å². The van der Waals surface area contributed by atoms with Crippen LogP contribution in [0.3, 0.4) is 0 Å². The van der Waals surface area contributed by atoms with Crippen molar-refractivity contribution in [3.05, 3.63) is 27.7 Å². The molecule has 0 bridgehead atoms. The number of carboxylic acids is 1. The van der Waals surface area contributed by atoms with Crippen LogP contribution in [0.2, 0.25) is 0 Å². The van der Waals surface area contributed by atoms with Crippen LogP contribution < -0.4 is 0 Å². The zero-order valence-electron chi connectivity index (χ0n) is 11.5. The molecule has 0 amide bonds. The summed E-state index contributed by atoms with van der Waals surface area (Å²) < 4.78 is 1.72. The van der Waals surface area contributed by atoms with E-state index in [1.54, 1.807) is 16.0 Å². The summed E-state index contributed by atoms with van der Waals surface area (Å²) in [4.78, 5) is 12.8. The number of nitrogens with zero attached hydrogens (tertiary/aromatic N) is 4. The van der Waals surface area contributed by atoms with Crippen LogP contribution in [0.5, 0.6) is 0 Å². The van der Waals surface area contributed by atoms with Crippen molar-refractivity contribution in [1.29, 1.82) is 0 Å². The summed E-state index contributed by atoms with van der Waals surface area (Å²) in [5.41, 5.74) is 0.679. The van der Waals surface area contributed by atoms with Gasteiger partial charge in [-0.2, -0.15) is 0 Å². The predicted molar refractivity (Wildman–Crippen MR) is 76.2 cm³/mol. The third-order valence-corrected chi connectivity index (χ3v) is 5.68. The minimum atomic E-state index is -0.733. The second-order valence-corrected chi connectivity index (χ2v) is 7.02. The lowest BCUT2D eigenvalue weighted by molar-refractivity contribution is -0.144. The number of fused-ring (bicyclic) bond motifs is 1. The van der Waals surface area contributed by atoms with Gasteiger partial charge in [-0.15, -0.1) is 16.4 Å². The maximum atomic E-state index is 11.4. The van der Waals surface area contributed by atoms with E-state index in [1.807, 2.05) is 0 Å². The van der Waals surface area contributed by atoms with Gasteiger partial charge in [-0.05, 0) is 59.5 Å². The molecule has 2 aliphatic rings. The van der Waals surface area contributed by atoms with Crippen molar-refractivity contribution < 1.29 is 9.90 Å². The van der Waals surface area contributed by atoms with E-state index in [2.05, 4.69) is 27.0 Å². The van der Waals surface area contributed by atoms with Gasteiger partial charge in [-0.25, -0.2) is 4.68 Å². The van der Waals surface area contributed by atoms with E-state index < -0.39 is 11.4 Å². The number of hydrogen-bond donors (Lipinski definition) is 1. The van der Waals surface area contributed by atoms with Gasteiger partial charge in [0.1, 0.15) is 0 Å². The molecule has 2 heterocycles. The molecule has 0 radical (unpaired) electrons. The number of aromatic nitrogens is 4. The van der Waals surface area contributed by atoms with Crippen LogP contribution in [0.1, 0.15) is 47.9 Å². The maximum absolute atomic E-state index is 11.4. The lowest BCUT2D eigenvalue weighted by Crippen LogP contribution is -2.25. The number of hydrogen-bond acceptors (Lipinski definition) is 5. The van der Waals surface area contributed by atoms with E-state index in [-0.39, 0.29) is 5.92 Å². The van der Waals surface area contributed by atoms with E-state index in [0.29, 0.717) is 6.54 Å². The van der Waals surface area contributed by atoms with Crippen LogP contribution in [0, 0.1) is 5.41 Å². The number of thiophene rings is 1. The summed E-state index contributed by atoms with van der Waals surface area (Å²) in [6.45, 7) is 0.390. The van der Waals surface area contributed by atoms with Gasteiger partial charge in [0.2, 0.25) is 0 Å². The summed E-state index contributed by atoms with van der Waals surface area (Å²) >= 11 is 1.79. The number of tetrazole rings is 1. The summed E-state index contributed by atoms with van der Waals surface area (Å²) in [6, 6.07) is 2.16. The first-order chi connectivity index (χ1) is 10.2. The Hall–Kier alpha value is -1.76. The molecule has 0 spiro atoms. The zero-order chi connectivity index (χ0) is 14.4. The minimum absolute atomic E-state index is 0.208. The molecule has 0 aromatic carbocycles. The van der Waals surface area contributed by atoms with E-state index >= 15 is 0 Å². The highest BCUT2D eigenvalue weighted by atomic mass is 32.1. The summed E-state index contributed by atoms with van der Waals surface area (Å²) in [7, 11) is 0. The molecule has 4 rings (SSSR count). The highest BCUT2D eigenvalue weighted by Gasteiger charge is 2.51. The third-order valence-electron chi connectivity index (χ3n) is 4.68. The average Bonchev–Trinajstić information content (AvgIpc) is 2.91. The Balaban J connectivity index is 1.66. The lowest BCUT2D eigenvalue weighted by atomic mass is 9.87. The fourth-order valence-corrected chi connectivity index (χ4v) is 4.19. The summed E-state index contributed by atoms with van der Waals surface area (Å²) in [5.74, 6) is 0.297. The Labute approximate surface area is 125 Å². The standard InChI is InChI=1S/C14H16N4O2S/c19-13(20)14(5-6-14)8-18-12(15-16-17-18)10-2-1-3-11-9(10)4-7-21-11/h4,7,10H,1-3,5-6,8H2,(H,19,20). The number of aryl methyl sites for hydroxylation is 1. The third kappa shape index (κ3) is 2.07. The molecule has 1 atom stereocenters. The summed E-state index contributed by atoms with van der Waals surface area (Å²) in [6.07, 6.45) is 4.73. The highest BCUT2D eigenvalue weighted by molar-refractivity contribution is 7.10. The topological polar surface area (TPSA) is 80.9 Å². The van der Waals surface area contributed by atoms with Crippen molar-refractivity contribution in [2.24, 2.45) is 5.41 Å². The van der Waals surface area contributed by atoms with Gasteiger partial charge in [0.25, 0.3) is 0 Å². The normalized spacial score (nSPS) is 22.8. The van der Waals surface area contributed by atoms with Crippen molar-refractivity contribution >= 4 is 17.3 Å². The predicted octanol–water partition coefficient (Wildman–Crippen LogP) is 2.07. The molecule has 1 saturated carbocycles. The first-order valence-corrected chi connectivity index (χ1v) is 8.13. The largest absolute Gasteiger partial charge is 0.481 e. The van der Waals surface area contributed by atoms with Crippen molar-refractivity contribution in [1.82, 2.24) is 20.2 Å². The van der Waals surface area contributed by atoms with Gasteiger partial charge in [0.15, 0.2) is 5.82 Å². The first kappa shape index (κ1) is 12.9. The fourth-order valence-electron chi connectivity index (χ4n) is 3.21. The molecule has 2 aliphatic carbocycles. The van der Waals surface area contributed by atoms with Gasteiger partial charge < -0.3 is 5.11 Å². The van der Waals surface area contributed by atoms with Gasteiger partial charge in [0, 0.05) is 10.8 Å². The van der Waals surface area contributed by atoms with Crippen molar-refractivity contribution in [3.8, 4) is 0 Å². The number of aliphatic carboxylic acids is 1. The molecular weight excluding hydrogens is 288 g/mol. The van der Waals surface area contributed by atoms with Crippen LogP contribution in [0.4, 0.5) is 0 Å². The molecule has 21 heavy (non-hydrogen) atoms. The Bertz CT molecular complexity index is 689. The van der Waals surface area contributed by atoms with E-state index in [1.165, 1.54) is 10.4 Å². The molecule has 6 nitrogen and oxygen atoms in total. The minimum Gasteiger partial charge on any atom is -0.481 e. The first-order valence-electron chi connectivity index (χ1n) is 7.25. The Morgan fingerprint density at radius 1 is 1.52 bits per heavy atom. The van der Waals surface area contributed by atoms with Crippen molar-refractivity contribution in [2.75, 3.05) is 0 Å².